The number of nitrogens with zero attached hydrogens (tertiary/aromatic N) is 1. The fourth-order valence-corrected chi connectivity index (χ4v) is 3.69. The maximum atomic E-state index is 4.63. The molecule has 2 heteroatoms. The molecule has 0 amide bonds. The Labute approximate surface area is 97.5 Å². The van der Waals surface area contributed by atoms with Crippen LogP contribution in [-0.4, -0.2) is 18.1 Å². The number of pyridine rings is 1. The summed E-state index contributed by atoms with van der Waals surface area (Å²) in [7, 11) is 2.11. The van der Waals surface area contributed by atoms with Crippen LogP contribution in [0.4, 0.5) is 0 Å². The van der Waals surface area contributed by atoms with Crippen LogP contribution in [0.5, 0.6) is 0 Å². The van der Waals surface area contributed by atoms with E-state index in [4.69, 9.17) is 0 Å². The number of rotatable bonds is 2. The molecule has 1 fully saturated rings. The molecule has 2 aliphatic rings. The maximum absolute atomic E-state index is 4.63. The lowest BCUT2D eigenvalue weighted by atomic mass is 9.86. The first kappa shape index (κ1) is 10.3. The third kappa shape index (κ3) is 1.56. The molecule has 3 rings (SSSR count). The van der Waals surface area contributed by atoms with E-state index in [0.717, 1.165) is 17.9 Å². The quantitative estimate of drug-likeness (QED) is 0.821. The van der Waals surface area contributed by atoms with Crippen molar-refractivity contribution in [2.45, 2.75) is 44.1 Å². The third-order valence-electron chi connectivity index (χ3n) is 4.46. The highest BCUT2D eigenvalue weighted by Gasteiger charge is 2.37. The summed E-state index contributed by atoms with van der Waals surface area (Å²) < 4.78 is 0. The summed E-state index contributed by atoms with van der Waals surface area (Å²) >= 11 is 0. The molecule has 16 heavy (non-hydrogen) atoms. The van der Waals surface area contributed by atoms with Crippen LogP contribution < -0.4 is 5.32 Å². The minimum absolute atomic E-state index is 0.719. The molecule has 86 valence electrons. The fourth-order valence-electron chi connectivity index (χ4n) is 3.69. The molecule has 0 spiro atoms. The Morgan fingerprint density at radius 1 is 1.31 bits per heavy atom. The standard InChI is InChI=1S/C14H20N2/c1-15-13-6-2-5-11(13)12-8-7-10-4-3-9-16-14(10)12/h3-4,9,11-13,15H,2,5-8H2,1H3. The van der Waals surface area contributed by atoms with E-state index in [-0.39, 0.29) is 0 Å². The van der Waals surface area contributed by atoms with Gasteiger partial charge in [0, 0.05) is 23.9 Å². The predicted octanol–water partition coefficient (Wildman–Crippen LogP) is 2.50. The Hall–Kier alpha value is -0.890. The van der Waals surface area contributed by atoms with Gasteiger partial charge in [-0.1, -0.05) is 12.5 Å². The zero-order chi connectivity index (χ0) is 11.0. The zero-order valence-electron chi connectivity index (χ0n) is 9.95. The number of aromatic nitrogens is 1. The van der Waals surface area contributed by atoms with Crippen molar-refractivity contribution >= 4 is 0 Å². The highest BCUT2D eigenvalue weighted by atomic mass is 14.9. The fraction of sp³-hybridized carbons (Fsp3) is 0.643. The number of hydrogen-bond donors (Lipinski definition) is 1. The summed E-state index contributed by atoms with van der Waals surface area (Å²) in [5.74, 6) is 1.54. The van der Waals surface area contributed by atoms with E-state index in [1.54, 1.807) is 0 Å². The van der Waals surface area contributed by atoms with Crippen LogP contribution in [0.25, 0.3) is 0 Å². The van der Waals surface area contributed by atoms with E-state index >= 15 is 0 Å². The molecule has 3 atom stereocenters. The highest BCUT2D eigenvalue weighted by molar-refractivity contribution is 5.29. The van der Waals surface area contributed by atoms with Crippen LogP contribution in [0.1, 0.15) is 42.9 Å². The Balaban J connectivity index is 1.87. The van der Waals surface area contributed by atoms with E-state index in [0.29, 0.717) is 0 Å². The predicted molar refractivity (Wildman–Crippen MR) is 65.5 cm³/mol. The molecular weight excluding hydrogens is 196 g/mol. The largest absolute Gasteiger partial charge is 0.317 e. The number of fused-ring (bicyclic) bond motifs is 1. The summed E-state index contributed by atoms with van der Waals surface area (Å²) in [6.07, 6.45) is 8.62. The highest BCUT2D eigenvalue weighted by Crippen LogP contribution is 2.43. The molecule has 3 unspecified atom stereocenters. The lowest BCUT2D eigenvalue weighted by molar-refractivity contribution is 0.351. The molecule has 1 aromatic rings. The van der Waals surface area contributed by atoms with Gasteiger partial charge in [-0.25, -0.2) is 0 Å². The van der Waals surface area contributed by atoms with E-state index in [2.05, 4.69) is 29.5 Å². The molecule has 0 aromatic carbocycles. The van der Waals surface area contributed by atoms with Crippen LogP contribution in [-0.2, 0) is 6.42 Å². The van der Waals surface area contributed by atoms with Gasteiger partial charge in [-0.3, -0.25) is 4.98 Å². The summed E-state index contributed by atoms with van der Waals surface area (Å²) in [5.41, 5.74) is 2.89. The molecule has 1 saturated carbocycles. The lowest BCUT2D eigenvalue weighted by Gasteiger charge is -2.25. The van der Waals surface area contributed by atoms with E-state index < -0.39 is 0 Å². The van der Waals surface area contributed by atoms with Gasteiger partial charge in [0.1, 0.15) is 0 Å². The molecule has 2 nitrogen and oxygen atoms in total. The second-order valence-electron chi connectivity index (χ2n) is 5.18. The molecule has 2 aliphatic carbocycles. The smallest absolute Gasteiger partial charge is 0.0469 e. The van der Waals surface area contributed by atoms with Crippen molar-refractivity contribution in [3.63, 3.8) is 0 Å². The first-order chi connectivity index (χ1) is 7.90. The molecule has 0 radical (unpaired) electrons. The molecule has 0 saturated heterocycles. The van der Waals surface area contributed by atoms with Crippen molar-refractivity contribution in [1.82, 2.24) is 10.3 Å². The molecular formula is C14H20N2. The van der Waals surface area contributed by atoms with Gasteiger partial charge in [-0.15, -0.1) is 0 Å². The summed E-state index contributed by atoms with van der Waals surface area (Å²) in [4.78, 5) is 4.63. The van der Waals surface area contributed by atoms with Crippen molar-refractivity contribution in [3.05, 3.63) is 29.6 Å². The minimum Gasteiger partial charge on any atom is -0.317 e. The van der Waals surface area contributed by atoms with Crippen molar-refractivity contribution < 1.29 is 0 Å². The Kier molecular flexibility index (Phi) is 2.68. The van der Waals surface area contributed by atoms with Gasteiger partial charge in [-0.05, 0) is 50.3 Å². The first-order valence-electron chi connectivity index (χ1n) is 6.51. The van der Waals surface area contributed by atoms with Crippen molar-refractivity contribution in [1.29, 1.82) is 0 Å². The molecule has 0 bridgehead atoms. The van der Waals surface area contributed by atoms with Crippen molar-refractivity contribution in [3.8, 4) is 0 Å². The molecule has 1 N–H and O–H groups in total. The first-order valence-corrected chi connectivity index (χ1v) is 6.51. The van der Waals surface area contributed by atoms with Crippen molar-refractivity contribution in [2.24, 2.45) is 5.92 Å². The second-order valence-corrected chi connectivity index (χ2v) is 5.18. The van der Waals surface area contributed by atoms with Crippen molar-refractivity contribution in [2.75, 3.05) is 7.05 Å². The minimum atomic E-state index is 0.719. The maximum Gasteiger partial charge on any atom is 0.0469 e. The number of aryl methyl sites for hydroxylation is 1. The van der Waals surface area contributed by atoms with Gasteiger partial charge < -0.3 is 5.32 Å². The summed E-state index contributed by atoms with van der Waals surface area (Å²) in [6.45, 7) is 0. The zero-order valence-corrected chi connectivity index (χ0v) is 9.95. The summed E-state index contributed by atoms with van der Waals surface area (Å²) in [6, 6.07) is 5.05. The van der Waals surface area contributed by atoms with Crippen LogP contribution >= 0.6 is 0 Å². The average Bonchev–Trinajstić information content (AvgIpc) is 2.94. The SMILES string of the molecule is CNC1CCCC1C1CCc2cccnc21. The Morgan fingerprint density at radius 3 is 3.12 bits per heavy atom. The summed E-state index contributed by atoms with van der Waals surface area (Å²) in [5, 5.41) is 3.49. The van der Waals surface area contributed by atoms with Gasteiger partial charge >= 0.3 is 0 Å². The Morgan fingerprint density at radius 2 is 2.25 bits per heavy atom. The molecule has 1 heterocycles. The van der Waals surface area contributed by atoms with Gasteiger partial charge in [0.15, 0.2) is 0 Å². The number of hydrogen-bond acceptors (Lipinski definition) is 2. The second kappa shape index (κ2) is 4.17. The van der Waals surface area contributed by atoms with Crippen LogP contribution in [0.2, 0.25) is 0 Å². The Bertz CT molecular complexity index is 375. The van der Waals surface area contributed by atoms with Gasteiger partial charge in [-0.2, -0.15) is 0 Å². The number of nitrogens with one attached hydrogen (secondary N) is 1. The van der Waals surface area contributed by atoms with Crippen LogP contribution in [0, 0.1) is 5.92 Å². The average molecular weight is 216 g/mol. The molecule has 1 aromatic heterocycles. The normalized spacial score (nSPS) is 32.9. The van der Waals surface area contributed by atoms with E-state index in [9.17, 15) is 0 Å². The lowest BCUT2D eigenvalue weighted by Crippen LogP contribution is -2.32. The van der Waals surface area contributed by atoms with E-state index in [1.165, 1.54) is 43.4 Å². The topological polar surface area (TPSA) is 24.9 Å². The van der Waals surface area contributed by atoms with Gasteiger partial charge in [0.25, 0.3) is 0 Å². The monoisotopic (exact) mass is 216 g/mol. The van der Waals surface area contributed by atoms with E-state index in [1.807, 2.05) is 6.20 Å². The van der Waals surface area contributed by atoms with Crippen LogP contribution in [0.3, 0.4) is 0 Å². The van der Waals surface area contributed by atoms with Gasteiger partial charge in [0.2, 0.25) is 0 Å². The third-order valence-corrected chi connectivity index (χ3v) is 4.46. The van der Waals surface area contributed by atoms with Crippen LogP contribution in [0.15, 0.2) is 18.3 Å². The molecule has 0 aliphatic heterocycles. The van der Waals surface area contributed by atoms with Gasteiger partial charge in [0.05, 0.1) is 0 Å².